The number of rotatable bonds is 9. The minimum Gasteiger partial charge on any atom is -0.340 e. The molecule has 0 heterocycles. The van der Waals surface area contributed by atoms with E-state index in [1.165, 1.54) is 18.2 Å². The largest absolute Gasteiger partial charge is 0.340 e. The average molecular weight is 395 g/mol. The van der Waals surface area contributed by atoms with E-state index in [9.17, 15) is 19.2 Å². The van der Waals surface area contributed by atoms with Gasteiger partial charge in [0.05, 0.1) is 6.07 Å². The van der Waals surface area contributed by atoms with Gasteiger partial charge >= 0.3 is 0 Å². The van der Waals surface area contributed by atoms with Crippen LogP contribution in [0.5, 0.6) is 0 Å². The molecule has 2 amide bonds. The maximum absolute atomic E-state index is 13.4. The first-order valence-electron chi connectivity index (χ1n) is 9.69. The lowest BCUT2D eigenvalue weighted by molar-refractivity contribution is -0.123. The number of nitrogens with one attached hydrogen (secondary N) is 2. The van der Waals surface area contributed by atoms with Crippen LogP contribution < -0.4 is 10.6 Å². The molecule has 2 rings (SSSR count). The van der Waals surface area contributed by atoms with E-state index in [0.717, 1.165) is 11.6 Å². The van der Waals surface area contributed by atoms with E-state index in [1.54, 1.807) is 0 Å². The third-order valence-electron chi connectivity index (χ3n) is 4.45. The van der Waals surface area contributed by atoms with Crippen LogP contribution >= 0.6 is 0 Å². The van der Waals surface area contributed by atoms with Crippen LogP contribution in [0.2, 0.25) is 0 Å². The lowest BCUT2D eigenvalue weighted by atomic mass is 10.0. The van der Waals surface area contributed by atoms with Crippen LogP contribution in [0.1, 0.15) is 42.6 Å². The lowest BCUT2D eigenvalue weighted by Gasteiger charge is -2.22. The molecule has 0 saturated heterocycles. The molecular weight excluding hydrogens is 369 g/mol. The Morgan fingerprint density at radius 2 is 1.79 bits per heavy atom. The lowest BCUT2D eigenvalue weighted by Crippen LogP contribution is -2.50. The molecular formula is C23H26FN3O2. The molecule has 0 saturated carbocycles. The Kier molecular flexibility index (Phi) is 8.35. The number of hydrogen-bond donors (Lipinski definition) is 2. The Balaban J connectivity index is 2.01. The van der Waals surface area contributed by atoms with Crippen LogP contribution in [0.15, 0.2) is 54.6 Å². The number of hydrogen-bond acceptors (Lipinski definition) is 3. The summed E-state index contributed by atoms with van der Waals surface area (Å²) in [5, 5.41) is 14.8. The van der Waals surface area contributed by atoms with Crippen LogP contribution in [-0.4, -0.2) is 23.9 Å². The Morgan fingerprint density at radius 3 is 2.41 bits per heavy atom. The minimum atomic E-state index is -0.807. The van der Waals surface area contributed by atoms with Gasteiger partial charge in [0.1, 0.15) is 17.9 Å². The number of aryl methyl sites for hydroxylation is 1. The number of amides is 2. The van der Waals surface area contributed by atoms with Crippen molar-refractivity contribution >= 4 is 11.8 Å². The zero-order chi connectivity index (χ0) is 21.2. The third kappa shape index (κ3) is 7.38. The number of nitrogens with zero attached hydrogens (tertiary/aromatic N) is 1. The quantitative estimate of drug-likeness (QED) is 0.680. The molecule has 0 unspecified atom stereocenters. The van der Waals surface area contributed by atoms with Crippen molar-refractivity contribution in [2.45, 2.75) is 45.2 Å². The number of carbonyl (C=O) groups is 2. The van der Waals surface area contributed by atoms with Crippen LogP contribution in [0.25, 0.3) is 0 Å². The van der Waals surface area contributed by atoms with E-state index in [2.05, 4.69) is 16.7 Å². The highest BCUT2D eigenvalue weighted by Crippen LogP contribution is 2.10. The van der Waals surface area contributed by atoms with Gasteiger partial charge < -0.3 is 10.6 Å². The van der Waals surface area contributed by atoms with Crippen molar-refractivity contribution in [1.82, 2.24) is 10.6 Å². The van der Waals surface area contributed by atoms with Gasteiger partial charge in [0.15, 0.2) is 0 Å². The van der Waals surface area contributed by atoms with Crippen molar-refractivity contribution in [2.75, 3.05) is 0 Å². The third-order valence-corrected chi connectivity index (χ3v) is 4.45. The molecule has 0 aromatic heterocycles. The summed E-state index contributed by atoms with van der Waals surface area (Å²) in [6.07, 6.45) is 1.53. The molecule has 0 spiro atoms. The predicted octanol–water partition coefficient (Wildman–Crippen LogP) is 3.61. The summed E-state index contributed by atoms with van der Waals surface area (Å²) in [5.74, 6) is -1.32. The summed E-state index contributed by atoms with van der Waals surface area (Å²) in [6.45, 7) is 3.87. The molecule has 0 radical (unpaired) electrons. The van der Waals surface area contributed by atoms with Crippen molar-refractivity contribution in [1.29, 1.82) is 5.26 Å². The predicted molar refractivity (Wildman–Crippen MR) is 109 cm³/mol. The first-order valence-corrected chi connectivity index (χ1v) is 9.69. The normalized spacial score (nSPS) is 12.7. The standard InChI is InChI=1S/C23H26FN3O2/c1-16(2)13-21(27-22(28)18-9-6-10-19(24)14-18)23(29)26-20(15-25)12-11-17-7-4-3-5-8-17/h3-10,14,16,20-21H,11-13H2,1-2H3,(H,26,29)(H,27,28)/t20-,21-/m0/s1. The molecule has 0 aliphatic carbocycles. The Labute approximate surface area is 170 Å². The monoisotopic (exact) mass is 395 g/mol. The topological polar surface area (TPSA) is 82.0 Å². The van der Waals surface area contributed by atoms with E-state index in [0.29, 0.717) is 19.3 Å². The molecule has 0 aliphatic heterocycles. The molecule has 6 heteroatoms. The molecule has 152 valence electrons. The molecule has 0 fully saturated rings. The second-order valence-corrected chi connectivity index (χ2v) is 7.38. The van der Waals surface area contributed by atoms with Crippen LogP contribution in [0, 0.1) is 23.1 Å². The zero-order valence-corrected chi connectivity index (χ0v) is 16.7. The summed E-state index contributed by atoms with van der Waals surface area (Å²) in [6, 6.07) is 15.7. The highest BCUT2D eigenvalue weighted by molar-refractivity contribution is 5.97. The highest BCUT2D eigenvalue weighted by Gasteiger charge is 2.24. The van der Waals surface area contributed by atoms with Gasteiger partial charge in [0.2, 0.25) is 5.91 Å². The van der Waals surface area contributed by atoms with E-state index >= 15 is 0 Å². The van der Waals surface area contributed by atoms with Crippen molar-refractivity contribution in [3.05, 3.63) is 71.5 Å². The van der Waals surface area contributed by atoms with E-state index in [4.69, 9.17) is 0 Å². The minimum absolute atomic E-state index is 0.142. The maximum Gasteiger partial charge on any atom is 0.252 e. The van der Waals surface area contributed by atoms with Crippen LogP contribution in [0.4, 0.5) is 4.39 Å². The van der Waals surface area contributed by atoms with Gasteiger partial charge in [-0.1, -0.05) is 50.2 Å². The van der Waals surface area contributed by atoms with Crippen LogP contribution in [0.3, 0.4) is 0 Å². The number of halogens is 1. The first-order chi connectivity index (χ1) is 13.9. The van der Waals surface area contributed by atoms with Crippen molar-refractivity contribution in [3.8, 4) is 6.07 Å². The summed E-state index contributed by atoms with van der Waals surface area (Å²) in [7, 11) is 0. The van der Waals surface area contributed by atoms with Crippen molar-refractivity contribution < 1.29 is 14.0 Å². The zero-order valence-electron chi connectivity index (χ0n) is 16.7. The maximum atomic E-state index is 13.4. The number of carbonyl (C=O) groups excluding carboxylic acids is 2. The molecule has 0 aliphatic rings. The molecule has 2 N–H and O–H groups in total. The highest BCUT2D eigenvalue weighted by atomic mass is 19.1. The van der Waals surface area contributed by atoms with E-state index in [-0.39, 0.29) is 11.5 Å². The van der Waals surface area contributed by atoms with Gasteiger partial charge in [-0.3, -0.25) is 9.59 Å². The van der Waals surface area contributed by atoms with Gasteiger partial charge in [0, 0.05) is 5.56 Å². The molecule has 5 nitrogen and oxygen atoms in total. The van der Waals surface area contributed by atoms with Crippen LogP contribution in [-0.2, 0) is 11.2 Å². The summed E-state index contributed by atoms with van der Waals surface area (Å²) >= 11 is 0. The second kappa shape index (κ2) is 11.0. The SMILES string of the molecule is CC(C)C[C@H](NC(=O)c1cccc(F)c1)C(=O)N[C@H](C#N)CCc1ccccc1. The second-order valence-electron chi connectivity index (χ2n) is 7.38. The summed E-state index contributed by atoms with van der Waals surface area (Å²) in [4.78, 5) is 25.2. The van der Waals surface area contributed by atoms with E-state index < -0.39 is 29.7 Å². The van der Waals surface area contributed by atoms with Gasteiger partial charge in [-0.05, 0) is 48.9 Å². The van der Waals surface area contributed by atoms with Gasteiger partial charge in [-0.15, -0.1) is 0 Å². The Morgan fingerprint density at radius 1 is 1.07 bits per heavy atom. The molecule has 0 bridgehead atoms. The first kappa shape index (κ1) is 22.1. The summed E-state index contributed by atoms with van der Waals surface area (Å²) in [5.41, 5.74) is 1.23. The fraction of sp³-hybridized carbons (Fsp3) is 0.348. The fourth-order valence-corrected chi connectivity index (χ4v) is 2.97. The van der Waals surface area contributed by atoms with Crippen molar-refractivity contribution in [3.63, 3.8) is 0 Å². The smallest absolute Gasteiger partial charge is 0.252 e. The number of nitriles is 1. The van der Waals surface area contributed by atoms with Gasteiger partial charge in [-0.2, -0.15) is 5.26 Å². The van der Waals surface area contributed by atoms with Gasteiger partial charge in [-0.25, -0.2) is 4.39 Å². The average Bonchev–Trinajstić information content (AvgIpc) is 2.70. The molecule has 2 aromatic rings. The molecule has 2 aromatic carbocycles. The number of benzene rings is 2. The summed E-state index contributed by atoms with van der Waals surface area (Å²) < 4.78 is 13.4. The fourth-order valence-electron chi connectivity index (χ4n) is 2.97. The molecule has 29 heavy (non-hydrogen) atoms. The van der Waals surface area contributed by atoms with Crippen molar-refractivity contribution in [2.24, 2.45) is 5.92 Å². The molecule has 2 atom stereocenters. The Bertz CT molecular complexity index is 862. The van der Waals surface area contributed by atoms with Gasteiger partial charge in [0.25, 0.3) is 5.91 Å². The van der Waals surface area contributed by atoms with E-state index in [1.807, 2.05) is 44.2 Å². The Hall–Kier alpha value is -3.20.